The fraction of sp³-hybridized carbons (Fsp3) is 0.550. The van der Waals surface area contributed by atoms with Crippen LogP contribution < -0.4 is 10.9 Å². The van der Waals surface area contributed by atoms with Crippen molar-refractivity contribution in [1.82, 2.24) is 14.9 Å². The number of H-pyrrole nitrogens is 1. The molecule has 2 saturated carbocycles. The summed E-state index contributed by atoms with van der Waals surface area (Å²) in [6.07, 6.45) is 5.25. The number of amides is 1. The number of aromatic amines is 1. The van der Waals surface area contributed by atoms with Crippen LogP contribution in [0.5, 0.6) is 0 Å². The highest BCUT2D eigenvalue weighted by atomic mass is 32.1. The largest absolute Gasteiger partial charge is 0.349 e. The first kappa shape index (κ1) is 17.5. The molecule has 0 radical (unpaired) electrons. The Morgan fingerprint density at radius 1 is 1.38 bits per heavy atom. The Morgan fingerprint density at radius 2 is 2.19 bits per heavy atom. The van der Waals surface area contributed by atoms with Crippen molar-refractivity contribution in [3.63, 3.8) is 0 Å². The molecule has 2 N–H and O–H groups in total. The standard InChI is InChI=1S/C20H25N3O2S/c1-3-23-19(25)15-7-6-14(10-17(15)22-20(23)26)18(24)21-11(2)16-9-12-4-5-13(16)8-12/h6-7,10-13,16H,3-5,8-9H2,1-2H3,(H,21,24)(H,22,26). The van der Waals surface area contributed by atoms with Crippen LogP contribution in [-0.4, -0.2) is 21.5 Å². The Hall–Kier alpha value is -1.95. The molecule has 2 aromatic rings. The Kier molecular flexibility index (Phi) is 4.47. The maximum atomic E-state index is 12.7. The Labute approximate surface area is 157 Å². The lowest BCUT2D eigenvalue weighted by molar-refractivity contribution is 0.0915. The molecular formula is C20H25N3O2S. The van der Waals surface area contributed by atoms with Crippen LogP contribution in [0.3, 0.4) is 0 Å². The van der Waals surface area contributed by atoms with Crippen LogP contribution in [0.1, 0.15) is 49.9 Å². The van der Waals surface area contributed by atoms with Gasteiger partial charge in [-0.15, -0.1) is 0 Å². The third kappa shape index (κ3) is 2.90. The van der Waals surface area contributed by atoms with Gasteiger partial charge in [0.15, 0.2) is 4.77 Å². The van der Waals surface area contributed by atoms with Crippen LogP contribution in [0.2, 0.25) is 0 Å². The van der Waals surface area contributed by atoms with Gasteiger partial charge in [0.25, 0.3) is 11.5 Å². The topological polar surface area (TPSA) is 66.9 Å². The van der Waals surface area contributed by atoms with E-state index in [2.05, 4.69) is 17.2 Å². The van der Waals surface area contributed by atoms with E-state index in [1.807, 2.05) is 6.92 Å². The lowest BCUT2D eigenvalue weighted by Crippen LogP contribution is -2.40. The first-order chi connectivity index (χ1) is 12.5. The molecule has 1 aromatic carbocycles. The molecule has 4 rings (SSSR count). The second-order valence-electron chi connectivity index (χ2n) is 7.84. The zero-order chi connectivity index (χ0) is 18.4. The molecule has 2 fully saturated rings. The Balaban J connectivity index is 1.57. The summed E-state index contributed by atoms with van der Waals surface area (Å²) in [5.74, 6) is 2.16. The van der Waals surface area contributed by atoms with E-state index in [0.717, 1.165) is 11.8 Å². The van der Waals surface area contributed by atoms with Crippen molar-refractivity contribution in [1.29, 1.82) is 0 Å². The molecule has 4 unspecified atom stereocenters. The summed E-state index contributed by atoms with van der Waals surface area (Å²) in [6.45, 7) is 4.53. The smallest absolute Gasteiger partial charge is 0.262 e. The number of hydrogen-bond acceptors (Lipinski definition) is 3. The van der Waals surface area contributed by atoms with Gasteiger partial charge in [-0.25, -0.2) is 0 Å². The zero-order valence-corrected chi connectivity index (χ0v) is 16.1. The number of carbonyl (C=O) groups excluding carboxylic acids is 1. The molecule has 5 nitrogen and oxygen atoms in total. The molecule has 2 bridgehead atoms. The van der Waals surface area contributed by atoms with Crippen molar-refractivity contribution in [2.24, 2.45) is 17.8 Å². The number of hydrogen-bond donors (Lipinski definition) is 2. The van der Waals surface area contributed by atoms with Gasteiger partial charge in [0.1, 0.15) is 0 Å². The second kappa shape index (κ2) is 6.65. The maximum absolute atomic E-state index is 12.7. The van der Waals surface area contributed by atoms with Gasteiger partial charge in [-0.2, -0.15) is 0 Å². The molecule has 0 aliphatic heterocycles. The van der Waals surface area contributed by atoms with Crippen LogP contribution in [0.4, 0.5) is 0 Å². The van der Waals surface area contributed by atoms with Crippen molar-refractivity contribution >= 4 is 29.0 Å². The van der Waals surface area contributed by atoms with Crippen LogP contribution in [-0.2, 0) is 6.54 Å². The molecule has 26 heavy (non-hydrogen) atoms. The highest BCUT2D eigenvalue weighted by Crippen LogP contribution is 2.49. The van der Waals surface area contributed by atoms with Gasteiger partial charge in [-0.3, -0.25) is 14.2 Å². The number of fused-ring (bicyclic) bond motifs is 3. The summed E-state index contributed by atoms with van der Waals surface area (Å²) < 4.78 is 1.91. The summed E-state index contributed by atoms with van der Waals surface area (Å²) in [4.78, 5) is 28.3. The molecule has 1 aromatic heterocycles. The van der Waals surface area contributed by atoms with Gasteiger partial charge in [0.05, 0.1) is 10.9 Å². The molecule has 0 saturated heterocycles. The average molecular weight is 372 g/mol. The minimum atomic E-state index is -0.117. The predicted octanol–water partition coefficient (Wildman–Crippen LogP) is 3.63. The second-order valence-corrected chi connectivity index (χ2v) is 8.23. The van der Waals surface area contributed by atoms with E-state index >= 15 is 0 Å². The van der Waals surface area contributed by atoms with E-state index in [-0.39, 0.29) is 17.5 Å². The van der Waals surface area contributed by atoms with Gasteiger partial charge in [-0.05, 0) is 81.3 Å². The van der Waals surface area contributed by atoms with Gasteiger partial charge >= 0.3 is 0 Å². The predicted molar refractivity (Wildman–Crippen MR) is 105 cm³/mol. The lowest BCUT2D eigenvalue weighted by Gasteiger charge is -2.28. The van der Waals surface area contributed by atoms with E-state index in [9.17, 15) is 9.59 Å². The minimum absolute atomic E-state index is 0.0823. The number of aromatic nitrogens is 2. The molecule has 138 valence electrons. The molecular weight excluding hydrogens is 346 g/mol. The molecule has 1 heterocycles. The van der Waals surface area contributed by atoms with E-state index in [4.69, 9.17) is 12.2 Å². The van der Waals surface area contributed by atoms with Crippen molar-refractivity contribution in [3.05, 3.63) is 38.9 Å². The molecule has 1 amide bonds. The third-order valence-electron chi connectivity index (χ3n) is 6.35. The van der Waals surface area contributed by atoms with E-state index in [1.54, 1.807) is 18.2 Å². The van der Waals surface area contributed by atoms with Crippen LogP contribution in [0.15, 0.2) is 23.0 Å². The van der Waals surface area contributed by atoms with Crippen molar-refractivity contribution < 1.29 is 4.79 Å². The molecule has 6 heteroatoms. The Bertz CT molecular complexity index is 977. The average Bonchev–Trinajstić information content (AvgIpc) is 3.25. The maximum Gasteiger partial charge on any atom is 0.262 e. The number of carbonyl (C=O) groups is 1. The number of nitrogens with one attached hydrogen (secondary N) is 2. The number of nitrogens with zero attached hydrogens (tertiary/aromatic N) is 1. The fourth-order valence-electron chi connectivity index (χ4n) is 4.99. The fourth-order valence-corrected chi connectivity index (χ4v) is 5.31. The summed E-state index contributed by atoms with van der Waals surface area (Å²) >= 11 is 5.25. The third-order valence-corrected chi connectivity index (χ3v) is 6.68. The number of benzene rings is 1. The van der Waals surface area contributed by atoms with Crippen molar-refractivity contribution in [2.45, 2.75) is 52.1 Å². The monoisotopic (exact) mass is 371 g/mol. The SMILES string of the molecule is CCn1c(=S)[nH]c2cc(C(=O)NC(C)C3CC4CCC3C4)ccc2c1=O. The van der Waals surface area contributed by atoms with Gasteiger partial charge in [0.2, 0.25) is 0 Å². The van der Waals surface area contributed by atoms with Gasteiger partial charge in [0, 0.05) is 18.2 Å². The summed E-state index contributed by atoms with van der Waals surface area (Å²) in [7, 11) is 0. The quantitative estimate of drug-likeness (QED) is 0.807. The lowest BCUT2D eigenvalue weighted by atomic mass is 9.84. The van der Waals surface area contributed by atoms with Gasteiger partial charge in [-0.1, -0.05) is 6.42 Å². The highest BCUT2D eigenvalue weighted by molar-refractivity contribution is 7.71. The molecule has 4 atom stereocenters. The van der Waals surface area contributed by atoms with Crippen molar-refractivity contribution in [3.8, 4) is 0 Å². The number of rotatable bonds is 4. The van der Waals surface area contributed by atoms with Crippen LogP contribution >= 0.6 is 12.2 Å². The first-order valence-electron chi connectivity index (χ1n) is 9.55. The van der Waals surface area contributed by atoms with Crippen LogP contribution in [0, 0.1) is 22.5 Å². The minimum Gasteiger partial charge on any atom is -0.349 e. The van der Waals surface area contributed by atoms with E-state index < -0.39 is 0 Å². The summed E-state index contributed by atoms with van der Waals surface area (Å²) in [6, 6.07) is 5.35. The zero-order valence-electron chi connectivity index (χ0n) is 15.2. The molecule has 2 aliphatic rings. The van der Waals surface area contributed by atoms with Crippen LogP contribution in [0.25, 0.3) is 10.9 Å². The molecule has 2 aliphatic carbocycles. The normalized spacial score (nSPS) is 25.5. The highest BCUT2D eigenvalue weighted by Gasteiger charge is 2.42. The van der Waals surface area contributed by atoms with Gasteiger partial charge < -0.3 is 10.3 Å². The first-order valence-corrected chi connectivity index (χ1v) is 9.96. The summed E-state index contributed by atoms with van der Waals surface area (Å²) in [5.41, 5.74) is 1.06. The van der Waals surface area contributed by atoms with E-state index in [1.165, 1.54) is 30.3 Å². The van der Waals surface area contributed by atoms with E-state index in [0.29, 0.717) is 33.7 Å². The Morgan fingerprint density at radius 3 is 2.85 bits per heavy atom. The molecule has 0 spiro atoms. The van der Waals surface area contributed by atoms with Crippen molar-refractivity contribution in [2.75, 3.05) is 0 Å². The summed E-state index contributed by atoms with van der Waals surface area (Å²) in [5, 5.41) is 3.73.